The maximum atomic E-state index is 16.4. The molecule has 2 aromatic heterocycles. The molecule has 2 atom stereocenters. The number of rotatable bonds is 2. The van der Waals surface area contributed by atoms with Crippen LogP contribution in [-0.4, -0.2) is 59.8 Å². The molecule has 0 aliphatic carbocycles. The standard InChI is InChI=1S/C28H27ClF2N6O3S/c1-12-11-37-17(10-32-12)25(38)36(5)16-9-33-22-13(24(16)37)8-14(29)19(21(22)31)20-15(30)6-7-18-23(20)34-26(41-18)35-27(39)40-28(2,3)4/h6-9,12,17,32H,10-11H2,1-5H3,(H,34,35,39)/t12-,17-/m1/s1. The molecule has 214 valence electrons. The molecule has 13 heteroatoms. The number of likely N-dealkylation sites (N-methyl/N-ethyl adjacent to an activating group) is 1. The second kappa shape index (κ2) is 9.74. The van der Waals surface area contributed by atoms with Crippen LogP contribution in [0.1, 0.15) is 27.7 Å². The van der Waals surface area contributed by atoms with Gasteiger partial charge in [0.1, 0.15) is 23.0 Å². The van der Waals surface area contributed by atoms with Crippen molar-refractivity contribution in [3.05, 3.63) is 41.1 Å². The number of carbonyl (C=O) groups excluding carboxylic acids is 2. The summed E-state index contributed by atoms with van der Waals surface area (Å²) in [5.41, 5.74) is 0.280. The van der Waals surface area contributed by atoms with Gasteiger partial charge >= 0.3 is 6.09 Å². The van der Waals surface area contributed by atoms with Gasteiger partial charge in [-0.2, -0.15) is 0 Å². The van der Waals surface area contributed by atoms with Crippen LogP contribution in [0.2, 0.25) is 5.02 Å². The van der Waals surface area contributed by atoms with Crippen LogP contribution in [0.25, 0.3) is 32.2 Å². The molecule has 0 saturated carbocycles. The number of aromatic nitrogens is 2. The average Bonchev–Trinajstić information content (AvgIpc) is 3.29. The lowest BCUT2D eigenvalue weighted by atomic mass is 9.97. The first-order chi connectivity index (χ1) is 19.3. The average molecular weight is 601 g/mol. The van der Waals surface area contributed by atoms with Gasteiger partial charge in [0.25, 0.3) is 5.91 Å². The number of benzene rings is 2. The van der Waals surface area contributed by atoms with E-state index in [1.807, 2.05) is 11.8 Å². The van der Waals surface area contributed by atoms with Crippen molar-refractivity contribution in [3.8, 4) is 11.1 Å². The van der Waals surface area contributed by atoms with Crippen LogP contribution >= 0.6 is 22.9 Å². The highest BCUT2D eigenvalue weighted by Crippen LogP contribution is 2.47. The highest BCUT2D eigenvalue weighted by molar-refractivity contribution is 7.22. The number of thiazole rings is 1. The molecule has 2 N–H and O–H groups in total. The summed E-state index contributed by atoms with van der Waals surface area (Å²) in [4.78, 5) is 37.6. The Morgan fingerprint density at radius 3 is 2.73 bits per heavy atom. The number of halogens is 3. The van der Waals surface area contributed by atoms with Crippen LogP contribution in [0.5, 0.6) is 0 Å². The second-order valence-corrected chi connectivity index (χ2v) is 12.7. The SMILES string of the molecule is C[C@@H]1CN2c3c(cnc4c(F)c(-c5c(F)ccc6sc(NC(=O)OC(C)(C)C)nc56)c(Cl)cc34)N(C)C(=O)[C@H]2CN1. The third-order valence-corrected chi connectivity index (χ3v) is 8.38. The lowest BCUT2D eigenvalue weighted by molar-refractivity contribution is -0.120. The van der Waals surface area contributed by atoms with E-state index in [9.17, 15) is 9.59 Å². The summed E-state index contributed by atoms with van der Waals surface area (Å²) in [6.07, 6.45) is 0.744. The fraction of sp³-hybridized carbons (Fsp3) is 0.357. The summed E-state index contributed by atoms with van der Waals surface area (Å²) in [6.45, 7) is 8.17. The van der Waals surface area contributed by atoms with Gasteiger partial charge in [0.15, 0.2) is 10.9 Å². The van der Waals surface area contributed by atoms with Gasteiger partial charge in [-0.3, -0.25) is 15.1 Å². The number of nitrogens with zero attached hydrogens (tertiary/aromatic N) is 4. The first-order valence-corrected chi connectivity index (χ1v) is 14.2. The number of hydrogen-bond acceptors (Lipinski definition) is 8. The van der Waals surface area contributed by atoms with Crippen LogP contribution in [0.3, 0.4) is 0 Å². The maximum Gasteiger partial charge on any atom is 0.413 e. The number of amides is 2. The number of nitrogens with one attached hydrogen (secondary N) is 2. The summed E-state index contributed by atoms with van der Waals surface area (Å²) in [6, 6.07) is 3.91. The molecule has 0 radical (unpaired) electrons. The number of pyridine rings is 1. The van der Waals surface area contributed by atoms with E-state index in [0.29, 0.717) is 34.6 Å². The van der Waals surface area contributed by atoms with E-state index in [2.05, 4.69) is 20.6 Å². The van der Waals surface area contributed by atoms with E-state index < -0.39 is 29.4 Å². The van der Waals surface area contributed by atoms with E-state index in [1.54, 1.807) is 33.9 Å². The van der Waals surface area contributed by atoms with Crippen molar-refractivity contribution in [3.63, 3.8) is 0 Å². The number of piperazine rings is 1. The summed E-state index contributed by atoms with van der Waals surface area (Å²) in [5, 5.41) is 6.43. The summed E-state index contributed by atoms with van der Waals surface area (Å²) in [7, 11) is 1.66. The normalized spacial score (nSPS) is 19.0. The predicted octanol–water partition coefficient (Wildman–Crippen LogP) is 5.93. The maximum absolute atomic E-state index is 16.4. The van der Waals surface area contributed by atoms with E-state index in [4.69, 9.17) is 16.3 Å². The molecule has 1 saturated heterocycles. The molecular formula is C28H27ClF2N6O3S. The lowest BCUT2D eigenvalue weighted by Crippen LogP contribution is -2.63. The summed E-state index contributed by atoms with van der Waals surface area (Å²) < 4.78 is 37.7. The smallest absolute Gasteiger partial charge is 0.413 e. The number of hydrogen-bond donors (Lipinski definition) is 2. The van der Waals surface area contributed by atoms with E-state index in [1.165, 1.54) is 23.2 Å². The van der Waals surface area contributed by atoms with Crippen molar-refractivity contribution in [2.75, 3.05) is 35.3 Å². The van der Waals surface area contributed by atoms with Gasteiger partial charge in [0, 0.05) is 42.7 Å². The zero-order chi connectivity index (χ0) is 29.4. The summed E-state index contributed by atoms with van der Waals surface area (Å²) >= 11 is 7.83. The highest BCUT2D eigenvalue weighted by Gasteiger charge is 2.41. The first kappa shape index (κ1) is 27.6. The highest BCUT2D eigenvalue weighted by atomic mass is 35.5. The zero-order valence-corrected chi connectivity index (χ0v) is 24.5. The van der Waals surface area contributed by atoms with E-state index >= 15 is 8.78 Å². The number of ether oxygens (including phenoxy) is 1. The lowest BCUT2D eigenvalue weighted by Gasteiger charge is -2.46. The van der Waals surface area contributed by atoms with Gasteiger partial charge in [0.05, 0.1) is 32.8 Å². The third kappa shape index (κ3) is 4.63. The van der Waals surface area contributed by atoms with E-state index in [-0.39, 0.29) is 44.3 Å². The van der Waals surface area contributed by atoms with Crippen molar-refractivity contribution in [2.45, 2.75) is 45.4 Å². The van der Waals surface area contributed by atoms with E-state index in [0.717, 1.165) is 11.3 Å². The Bertz CT molecular complexity index is 1760. The number of carbonyl (C=O) groups is 2. The van der Waals surface area contributed by atoms with Gasteiger partial charge < -0.3 is 19.9 Å². The molecule has 4 heterocycles. The quantitative estimate of drug-likeness (QED) is 0.294. The Kier molecular flexibility index (Phi) is 6.55. The Morgan fingerprint density at radius 2 is 2.00 bits per heavy atom. The van der Waals surface area contributed by atoms with Crippen LogP contribution in [0.4, 0.5) is 30.1 Å². The molecule has 2 aromatic carbocycles. The third-order valence-electron chi connectivity index (χ3n) is 7.14. The van der Waals surface area contributed by atoms with Crippen molar-refractivity contribution < 1.29 is 23.1 Å². The number of anilines is 3. The number of fused-ring (bicyclic) bond motifs is 6. The molecule has 0 unspecified atom stereocenters. The molecule has 6 rings (SSSR count). The van der Waals surface area contributed by atoms with Crippen LogP contribution in [0.15, 0.2) is 24.4 Å². The molecule has 0 bridgehead atoms. The monoisotopic (exact) mass is 600 g/mol. The van der Waals surface area contributed by atoms with Gasteiger partial charge in [0.2, 0.25) is 0 Å². The zero-order valence-electron chi connectivity index (χ0n) is 22.9. The van der Waals surface area contributed by atoms with Gasteiger partial charge in [-0.15, -0.1) is 0 Å². The minimum Gasteiger partial charge on any atom is -0.444 e. The van der Waals surface area contributed by atoms with Crippen molar-refractivity contribution >= 4 is 72.6 Å². The topological polar surface area (TPSA) is 99.7 Å². The predicted molar refractivity (Wildman–Crippen MR) is 157 cm³/mol. The molecule has 2 amide bonds. The van der Waals surface area contributed by atoms with Crippen LogP contribution in [-0.2, 0) is 9.53 Å². The molecule has 2 aliphatic rings. The fourth-order valence-electron chi connectivity index (χ4n) is 5.39. The van der Waals surface area contributed by atoms with Gasteiger partial charge in [-0.05, 0) is 45.9 Å². The largest absolute Gasteiger partial charge is 0.444 e. The Morgan fingerprint density at radius 1 is 1.24 bits per heavy atom. The van der Waals surface area contributed by atoms with Crippen molar-refractivity contribution in [2.24, 2.45) is 0 Å². The van der Waals surface area contributed by atoms with Gasteiger partial charge in [-0.1, -0.05) is 22.9 Å². The van der Waals surface area contributed by atoms with Gasteiger partial charge in [-0.25, -0.2) is 18.6 Å². The Labute approximate surface area is 243 Å². The summed E-state index contributed by atoms with van der Waals surface area (Å²) in [5.74, 6) is -1.63. The molecule has 41 heavy (non-hydrogen) atoms. The Hall–Kier alpha value is -3.61. The first-order valence-electron chi connectivity index (χ1n) is 13.0. The Balaban J connectivity index is 1.51. The molecule has 4 aromatic rings. The molecule has 0 spiro atoms. The molecular weight excluding hydrogens is 574 g/mol. The van der Waals surface area contributed by atoms with Crippen molar-refractivity contribution in [1.29, 1.82) is 0 Å². The van der Waals surface area contributed by atoms with Crippen LogP contribution in [0, 0.1) is 11.6 Å². The fourth-order valence-corrected chi connectivity index (χ4v) is 6.53. The minimum absolute atomic E-state index is 0.00503. The molecule has 2 aliphatic heterocycles. The van der Waals surface area contributed by atoms with Crippen molar-refractivity contribution in [1.82, 2.24) is 15.3 Å². The second-order valence-electron chi connectivity index (χ2n) is 11.2. The minimum atomic E-state index is -0.810. The molecule has 1 fully saturated rings. The van der Waals surface area contributed by atoms with Crippen LogP contribution < -0.4 is 20.4 Å². The molecule has 9 nitrogen and oxygen atoms in total.